The largest absolute Gasteiger partial charge is 0.481 e. The molecule has 0 heterocycles. The summed E-state index contributed by atoms with van der Waals surface area (Å²) < 4.78 is 0. The summed E-state index contributed by atoms with van der Waals surface area (Å²) in [5, 5.41) is 42.8. The maximum Gasteiger partial charge on any atom is 0.326 e. The summed E-state index contributed by atoms with van der Waals surface area (Å²) in [5.41, 5.74) is 5.43. The summed E-state index contributed by atoms with van der Waals surface area (Å²) in [6.45, 7) is 3.67. The predicted molar refractivity (Wildman–Crippen MR) is 92.7 cm³/mol. The molecule has 0 saturated carbocycles. The zero-order chi connectivity index (χ0) is 22.2. The fourth-order valence-corrected chi connectivity index (χ4v) is 1.91. The van der Waals surface area contributed by atoms with Gasteiger partial charge in [0.2, 0.25) is 17.7 Å². The number of carboxylic acids is 2. The molecule has 13 heteroatoms. The molecular formula is C15H26N4O9. The maximum absolute atomic E-state index is 12.2. The number of aliphatic carboxylic acids is 2. The Hall–Kier alpha value is -2.77. The van der Waals surface area contributed by atoms with Gasteiger partial charge < -0.3 is 42.1 Å². The third-order valence-electron chi connectivity index (χ3n) is 3.63. The molecule has 0 fully saturated rings. The van der Waals surface area contributed by atoms with Gasteiger partial charge in [-0.15, -0.1) is 0 Å². The van der Waals surface area contributed by atoms with E-state index < -0.39 is 72.5 Å². The van der Waals surface area contributed by atoms with Crippen LogP contribution in [0.5, 0.6) is 0 Å². The van der Waals surface area contributed by atoms with Gasteiger partial charge in [0.25, 0.3) is 0 Å². The molecule has 0 saturated heterocycles. The Bertz CT molecular complexity index is 608. The number of carbonyl (C=O) groups excluding carboxylic acids is 3. The van der Waals surface area contributed by atoms with Crippen LogP contribution in [0.2, 0.25) is 0 Å². The number of aliphatic hydroxyl groups excluding tert-OH is 2. The molecule has 0 aliphatic carbocycles. The van der Waals surface area contributed by atoms with Gasteiger partial charge in [0, 0.05) is 0 Å². The van der Waals surface area contributed by atoms with Gasteiger partial charge in [0.05, 0.1) is 18.6 Å². The van der Waals surface area contributed by atoms with Crippen molar-refractivity contribution in [2.24, 2.45) is 5.73 Å². The van der Waals surface area contributed by atoms with Gasteiger partial charge in [0.15, 0.2) is 0 Å². The third-order valence-corrected chi connectivity index (χ3v) is 3.63. The Balaban J connectivity index is 5.06. The summed E-state index contributed by atoms with van der Waals surface area (Å²) in [6, 6.07) is -5.89. The number of aliphatic hydroxyl groups is 2. The Morgan fingerprint density at radius 1 is 0.821 bits per heavy atom. The first kappa shape index (κ1) is 25.2. The molecule has 13 nitrogen and oxygen atoms in total. The monoisotopic (exact) mass is 406 g/mol. The Kier molecular flexibility index (Phi) is 10.1. The Morgan fingerprint density at radius 2 is 1.36 bits per heavy atom. The van der Waals surface area contributed by atoms with E-state index in [9.17, 15) is 34.2 Å². The van der Waals surface area contributed by atoms with Crippen molar-refractivity contribution in [1.82, 2.24) is 16.0 Å². The predicted octanol–water partition coefficient (Wildman–Crippen LogP) is -3.89. The van der Waals surface area contributed by atoms with Crippen molar-refractivity contribution in [3.05, 3.63) is 0 Å². The van der Waals surface area contributed by atoms with E-state index in [2.05, 4.69) is 10.6 Å². The molecule has 0 radical (unpaired) electrons. The summed E-state index contributed by atoms with van der Waals surface area (Å²) in [6.07, 6.45) is -3.55. The highest BCUT2D eigenvalue weighted by Gasteiger charge is 2.32. The van der Waals surface area contributed by atoms with E-state index >= 15 is 0 Å². The van der Waals surface area contributed by atoms with Gasteiger partial charge in [0.1, 0.15) is 24.2 Å². The molecule has 0 aromatic rings. The highest BCUT2D eigenvalue weighted by molar-refractivity contribution is 5.94. The number of rotatable bonds is 11. The van der Waals surface area contributed by atoms with Crippen LogP contribution in [0.3, 0.4) is 0 Å². The SMILES string of the molecule is CC(NC(=O)C(N)C(C)O)C(=O)NC(C(=O)NC(CC(=O)O)C(=O)O)C(C)O. The van der Waals surface area contributed by atoms with Crippen molar-refractivity contribution in [2.45, 2.75) is 63.6 Å². The number of nitrogens with one attached hydrogen (secondary N) is 3. The molecule has 0 aromatic carbocycles. The zero-order valence-corrected chi connectivity index (χ0v) is 15.6. The second-order valence-electron chi connectivity index (χ2n) is 6.22. The molecule has 160 valence electrons. The summed E-state index contributed by atoms with van der Waals surface area (Å²) >= 11 is 0. The topological polar surface area (TPSA) is 228 Å². The second kappa shape index (κ2) is 11.2. The minimum absolute atomic E-state index is 0.830. The van der Waals surface area contributed by atoms with Gasteiger partial charge in [-0.2, -0.15) is 0 Å². The lowest BCUT2D eigenvalue weighted by Gasteiger charge is -2.25. The average molecular weight is 406 g/mol. The second-order valence-corrected chi connectivity index (χ2v) is 6.22. The molecule has 0 bridgehead atoms. The van der Waals surface area contributed by atoms with Crippen molar-refractivity contribution in [1.29, 1.82) is 0 Å². The number of hydrogen-bond donors (Lipinski definition) is 8. The van der Waals surface area contributed by atoms with E-state index in [1.807, 2.05) is 5.32 Å². The van der Waals surface area contributed by atoms with Crippen molar-refractivity contribution in [3.8, 4) is 0 Å². The molecular weight excluding hydrogens is 380 g/mol. The smallest absolute Gasteiger partial charge is 0.326 e. The molecule has 0 aromatic heterocycles. The van der Waals surface area contributed by atoms with E-state index in [-0.39, 0.29) is 0 Å². The van der Waals surface area contributed by atoms with Gasteiger partial charge in [-0.25, -0.2) is 4.79 Å². The van der Waals surface area contributed by atoms with E-state index in [0.29, 0.717) is 0 Å². The molecule has 0 spiro atoms. The van der Waals surface area contributed by atoms with Crippen LogP contribution in [-0.2, 0) is 24.0 Å². The molecule has 0 aliphatic heterocycles. The minimum Gasteiger partial charge on any atom is -0.481 e. The fourth-order valence-electron chi connectivity index (χ4n) is 1.91. The van der Waals surface area contributed by atoms with Crippen molar-refractivity contribution in [3.63, 3.8) is 0 Å². The molecule has 0 aliphatic rings. The third kappa shape index (κ3) is 8.28. The Morgan fingerprint density at radius 3 is 1.75 bits per heavy atom. The van der Waals surface area contributed by atoms with E-state index in [0.717, 1.165) is 6.92 Å². The van der Waals surface area contributed by atoms with Crippen LogP contribution in [0.15, 0.2) is 0 Å². The summed E-state index contributed by atoms with van der Waals surface area (Å²) in [7, 11) is 0. The van der Waals surface area contributed by atoms with E-state index in [1.165, 1.54) is 13.8 Å². The number of carbonyl (C=O) groups is 5. The fraction of sp³-hybridized carbons (Fsp3) is 0.667. The molecule has 0 rings (SSSR count). The van der Waals surface area contributed by atoms with Gasteiger partial charge >= 0.3 is 11.9 Å². The van der Waals surface area contributed by atoms with Gasteiger partial charge in [-0.3, -0.25) is 19.2 Å². The molecule has 28 heavy (non-hydrogen) atoms. The van der Waals surface area contributed by atoms with Crippen molar-refractivity contribution >= 4 is 29.7 Å². The number of carboxylic acid groups (broad SMARTS) is 2. The minimum atomic E-state index is -1.77. The molecule has 3 amide bonds. The Labute approximate surface area is 160 Å². The van der Waals surface area contributed by atoms with Crippen LogP contribution >= 0.6 is 0 Å². The van der Waals surface area contributed by atoms with Crippen LogP contribution in [0.25, 0.3) is 0 Å². The molecule has 6 unspecified atom stereocenters. The first-order valence-corrected chi connectivity index (χ1v) is 8.25. The molecule has 9 N–H and O–H groups in total. The van der Waals surface area contributed by atoms with Crippen molar-refractivity contribution < 1.29 is 44.4 Å². The first-order chi connectivity index (χ1) is 12.8. The molecule has 6 atom stereocenters. The highest BCUT2D eigenvalue weighted by Crippen LogP contribution is 2.00. The zero-order valence-electron chi connectivity index (χ0n) is 15.6. The lowest BCUT2D eigenvalue weighted by Crippen LogP contribution is -2.59. The number of nitrogens with two attached hydrogens (primary N) is 1. The van der Waals surface area contributed by atoms with Gasteiger partial charge in [-0.05, 0) is 20.8 Å². The lowest BCUT2D eigenvalue weighted by atomic mass is 10.1. The summed E-state index contributed by atoms with van der Waals surface area (Å²) in [4.78, 5) is 57.8. The lowest BCUT2D eigenvalue weighted by molar-refractivity contribution is -0.147. The van der Waals surface area contributed by atoms with Crippen LogP contribution < -0.4 is 21.7 Å². The van der Waals surface area contributed by atoms with Crippen molar-refractivity contribution in [2.75, 3.05) is 0 Å². The first-order valence-electron chi connectivity index (χ1n) is 8.25. The number of amides is 3. The maximum atomic E-state index is 12.2. The number of hydrogen-bond acceptors (Lipinski definition) is 8. The van der Waals surface area contributed by atoms with Crippen LogP contribution in [0, 0.1) is 0 Å². The average Bonchev–Trinajstić information content (AvgIpc) is 2.56. The normalized spacial score (nSPS) is 17.2. The van der Waals surface area contributed by atoms with Gasteiger partial charge in [-0.1, -0.05) is 0 Å². The van der Waals surface area contributed by atoms with Crippen LogP contribution in [0.1, 0.15) is 27.2 Å². The summed E-state index contributed by atoms with van der Waals surface area (Å²) in [5.74, 6) is -5.95. The van der Waals surface area contributed by atoms with Crippen LogP contribution in [-0.4, -0.2) is 86.5 Å². The van der Waals surface area contributed by atoms with Crippen LogP contribution in [0.4, 0.5) is 0 Å². The highest BCUT2D eigenvalue weighted by atomic mass is 16.4. The quantitative estimate of drug-likeness (QED) is 0.166. The van der Waals surface area contributed by atoms with E-state index in [4.69, 9.17) is 15.9 Å². The van der Waals surface area contributed by atoms with E-state index in [1.54, 1.807) is 0 Å². The standard InChI is InChI=1S/C15H26N4O9/c1-5(17-13(25)10(16)6(2)20)12(24)19-11(7(3)21)14(26)18-8(15(27)28)4-9(22)23/h5-8,10-11,20-21H,4,16H2,1-3H3,(H,17,25)(H,18,26)(H,19,24)(H,22,23)(H,27,28).